The fraction of sp³-hybridized carbons (Fsp3) is 0.727. The van der Waals surface area contributed by atoms with Gasteiger partial charge in [0.25, 0.3) is 0 Å². The van der Waals surface area contributed by atoms with Crippen LogP contribution in [0.15, 0.2) is 12.3 Å². The van der Waals surface area contributed by atoms with E-state index in [4.69, 9.17) is 10.6 Å². The summed E-state index contributed by atoms with van der Waals surface area (Å²) in [5.74, 6) is 5.65. The van der Waals surface area contributed by atoms with Gasteiger partial charge >= 0.3 is 0 Å². The number of nitrogens with two attached hydrogens (primary N) is 1. The molecule has 92 valence electrons. The van der Waals surface area contributed by atoms with Crippen molar-refractivity contribution in [2.45, 2.75) is 38.8 Å². The van der Waals surface area contributed by atoms with E-state index < -0.39 is 0 Å². The molecule has 0 aliphatic heterocycles. The average molecular weight is 226 g/mol. The summed E-state index contributed by atoms with van der Waals surface area (Å²) in [7, 11) is 1.90. The van der Waals surface area contributed by atoms with Gasteiger partial charge in [0.2, 0.25) is 0 Å². The van der Waals surface area contributed by atoms with Gasteiger partial charge < -0.3 is 4.74 Å². The summed E-state index contributed by atoms with van der Waals surface area (Å²) < 4.78 is 7.64. The van der Waals surface area contributed by atoms with Crippen molar-refractivity contribution in [2.75, 3.05) is 6.61 Å². The zero-order valence-corrected chi connectivity index (χ0v) is 10.5. The van der Waals surface area contributed by atoms with Crippen LogP contribution in [-0.2, 0) is 11.8 Å². The summed E-state index contributed by atoms with van der Waals surface area (Å²) in [4.78, 5) is 0. The van der Waals surface area contributed by atoms with Gasteiger partial charge in [-0.1, -0.05) is 6.92 Å². The first-order valence-corrected chi connectivity index (χ1v) is 5.67. The lowest BCUT2D eigenvalue weighted by molar-refractivity contribution is -0.0581. The first-order chi connectivity index (χ1) is 7.59. The van der Waals surface area contributed by atoms with Crippen LogP contribution in [0.5, 0.6) is 0 Å². The minimum absolute atomic E-state index is 0.0649. The minimum Gasteiger partial charge on any atom is -0.373 e. The second kappa shape index (κ2) is 5.43. The lowest BCUT2D eigenvalue weighted by atomic mass is 9.91. The number of hydrazine groups is 1. The van der Waals surface area contributed by atoms with E-state index >= 15 is 0 Å². The molecule has 1 heterocycles. The summed E-state index contributed by atoms with van der Waals surface area (Å²) in [5.41, 5.74) is 3.54. The highest BCUT2D eigenvalue weighted by molar-refractivity contribution is 5.12. The number of hydrogen-bond donors (Lipinski definition) is 2. The molecule has 3 N–H and O–H groups in total. The third-order valence-electron chi connectivity index (χ3n) is 3.11. The van der Waals surface area contributed by atoms with E-state index in [0.717, 1.165) is 12.1 Å². The number of ether oxygens (including phenoxy) is 1. The topological polar surface area (TPSA) is 65.1 Å². The minimum atomic E-state index is -0.322. The molecule has 0 aliphatic rings. The Bertz CT molecular complexity index is 326. The highest BCUT2D eigenvalue weighted by Crippen LogP contribution is 2.31. The van der Waals surface area contributed by atoms with Crippen molar-refractivity contribution in [3.63, 3.8) is 0 Å². The van der Waals surface area contributed by atoms with Gasteiger partial charge in [-0.3, -0.25) is 10.5 Å². The molecule has 5 heteroatoms. The number of aromatic nitrogens is 2. The zero-order valence-electron chi connectivity index (χ0n) is 10.5. The van der Waals surface area contributed by atoms with Crippen LogP contribution in [0, 0.1) is 0 Å². The second-order valence-corrected chi connectivity index (χ2v) is 4.08. The molecular formula is C11H22N4O. The van der Waals surface area contributed by atoms with Gasteiger partial charge in [-0.05, 0) is 26.3 Å². The van der Waals surface area contributed by atoms with Crippen molar-refractivity contribution < 1.29 is 4.74 Å². The largest absolute Gasteiger partial charge is 0.373 e. The molecule has 2 atom stereocenters. The van der Waals surface area contributed by atoms with E-state index in [1.165, 1.54) is 0 Å². The molecule has 0 spiro atoms. The number of aryl methyl sites for hydroxylation is 1. The maximum atomic E-state index is 5.83. The molecule has 5 nitrogen and oxygen atoms in total. The molecule has 1 rings (SSSR count). The normalized spacial score (nSPS) is 17.1. The first-order valence-electron chi connectivity index (χ1n) is 5.67. The Morgan fingerprint density at radius 2 is 2.31 bits per heavy atom. The molecule has 2 unspecified atom stereocenters. The van der Waals surface area contributed by atoms with Crippen molar-refractivity contribution >= 4 is 0 Å². The van der Waals surface area contributed by atoms with Crippen LogP contribution in [0.2, 0.25) is 0 Å². The lowest BCUT2D eigenvalue weighted by Gasteiger charge is -2.36. The van der Waals surface area contributed by atoms with Gasteiger partial charge in [-0.15, -0.1) is 0 Å². The van der Waals surface area contributed by atoms with E-state index in [0.29, 0.717) is 6.61 Å². The molecule has 0 fully saturated rings. The van der Waals surface area contributed by atoms with E-state index in [1.807, 2.05) is 24.7 Å². The monoisotopic (exact) mass is 226 g/mol. The highest BCUT2D eigenvalue weighted by Gasteiger charge is 2.35. The van der Waals surface area contributed by atoms with Gasteiger partial charge in [-0.2, -0.15) is 5.10 Å². The molecule has 1 aromatic heterocycles. The van der Waals surface area contributed by atoms with Gasteiger partial charge in [0, 0.05) is 19.9 Å². The molecule has 0 amide bonds. The zero-order chi connectivity index (χ0) is 12.2. The SMILES string of the molecule is CCOC(C)(CC)C(NN)c1ccnn1C. The molecule has 0 radical (unpaired) electrons. The summed E-state index contributed by atoms with van der Waals surface area (Å²) in [6.45, 7) is 6.81. The Labute approximate surface area is 96.9 Å². The second-order valence-electron chi connectivity index (χ2n) is 4.08. The maximum absolute atomic E-state index is 5.83. The van der Waals surface area contributed by atoms with Gasteiger partial charge in [-0.25, -0.2) is 5.43 Å². The van der Waals surface area contributed by atoms with Gasteiger partial charge in [0.05, 0.1) is 17.3 Å². The molecule has 0 bridgehead atoms. The molecule has 16 heavy (non-hydrogen) atoms. The van der Waals surface area contributed by atoms with Gasteiger partial charge in [0.15, 0.2) is 0 Å². The molecule has 0 aromatic carbocycles. The molecule has 0 aliphatic carbocycles. The van der Waals surface area contributed by atoms with Crippen molar-refractivity contribution in [2.24, 2.45) is 12.9 Å². The van der Waals surface area contributed by atoms with Crippen LogP contribution >= 0.6 is 0 Å². The molecule has 0 saturated carbocycles. The fourth-order valence-corrected chi connectivity index (χ4v) is 1.96. The van der Waals surface area contributed by atoms with E-state index in [2.05, 4.69) is 24.4 Å². The van der Waals surface area contributed by atoms with Crippen LogP contribution in [0.1, 0.15) is 38.9 Å². The van der Waals surface area contributed by atoms with E-state index in [-0.39, 0.29) is 11.6 Å². The van der Waals surface area contributed by atoms with Crippen molar-refractivity contribution in [3.8, 4) is 0 Å². The van der Waals surface area contributed by atoms with Crippen LogP contribution in [0.4, 0.5) is 0 Å². The number of rotatable bonds is 6. The Morgan fingerprint density at radius 3 is 2.69 bits per heavy atom. The quantitative estimate of drug-likeness (QED) is 0.564. The number of nitrogens with zero attached hydrogens (tertiary/aromatic N) is 2. The van der Waals surface area contributed by atoms with Crippen LogP contribution < -0.4 is 11.3 Å². The van der Waals surface area contributed by atoms with Crippen LogP contribution in [-0.4, -0.2) is 22.0 Å². The van der Waals surface area contributed by atoms with E-state index in [9.17, 15) is 0 Å². The maximum Gasteiger partial charge on any atom is 0.0915 e. The predicted octanol–water partition coefficient (Wildman–Crippen LogP) is 1.13. The number of nitrogens with one attached hydrogen (secondary N) is 1. The van der Waals surface area contributed by atoms with Crippen molar-refractivity contribution in [1.29, 1.82) is 0 Å². The van der Waals surface area contributed by atoms with Crippen LogP contribution in [0.25, 0.3) is 0 Å². The predicted molar refractivity (Wildman–Crippen MR) is 63.6 cm³/mol. The Hall–Kier alpha value is -0.910. The molecular weight excluding hydrogens is 204 g/mol. The Kier molecular flexibility index (Phi) is 4.46. The summed E-state index contributed by atoms with van der Waals surface area (Å²) in [5, 5.41) is 4.16. The lowest BCUT2D eigenvalue weighted by Crippen LogP contribution is -2.47. The van der Waals surface area contributed by atoms with Crippen LogP contribution in [0.3, 0.4) is 0 Å². The van der Waals surface area contributed by atoms with Gasteiger partial charge in [0.1, 0.15) is 0 Å². The molecule has 0 saturated heterocycles. The first kappa shape index (κ1) is 13.2. The highest BCUT2D eigenvalue weighted by atomic mass is 16.5. The summed E-state index contributed by atoms with van der Waals surface area (Å²) in [6.07, 6.45) is 2.64. The molecule has 1 aromatic rings. The summed E-state index contributed by atoms with van der Waals surface area (Å²) >= 11 is 0. The standard InChI is InChI=1S/C11H22N4O/c1-5-11(3,16-6-2)10(14-12)9-7-8-13-15(9)4/h7-8,10,14H,5-6,12H2,1-4H3. The third-order valence-corrected chi connectivity index (χ3v) is 3.11. The van der Waals surface area contributed by atoms with E-state index in [1.54, 1.807) is 6.20 Å². The third kappa shape index (κ3) is 2.42. The Balaban J connectivity index is 3.00. The van der Waals surface area contributed by atoms with Crippen molar-refractivity contribution in [1.82, 2.24) is 15.2 Å². The smallest absolute Gasteiger partial charge is 0.0915 e. The number of hydrogen-bond acceptors (Lipinski definition) is 4. The Morgan fingerprint density at radius 1 is 1.62 bits per heavy atom. The average Bonchev–Trinajstić information content (AvgIpc) is 2.66. The summed E-state index contributed by atoms with van der Waals surface area (Å²) in [6, 6.07) is 1.89. The fourth-order valence-electron chi connectivity index (χ4n) is 1.96. The van der Waals surface area contributed by atoms with Crippen molar-refractivity contribution in [3.05, 3.63) is 18.0 Å².